The molecular weight excluding hydrogens is 317 g/mol. The molecule has 0 saturated carbocycles. The van der Waals surface area contributed by atoms with Gasteiger partial charge in [0.1, 0.15) is 11.6 Å². The number of rotatable bonds is 3. The molecule has 0 saturated heterocycles. The van der Waals surface area contributed by atoms with Gasteiger partial charge in [0.25, 0.3) is 0 Å². The number of nitrogens with one attached hydrogen (secondary N) is 1. The van der Waals surface area contributed by atoms with Crippen molar-refractivity contribution in [1.29, 1.82) is 0 Å². The molecule has 0 radical (unpaired) electrons. The van der Waals surface area contributed by atoms with Gasteiger partial charge in [-0.05, 0) is 24.3 Å². The van der Waals surface area contributed by atoms with Crippen LogP contribution in [0, 0.1) is 5.82 Å². The molecule has 0 fully saturated rings. The number of aromatic carboxylic acids is 1. The molecule has 1 aromatic heterocycles. The van der Waals surface area contributed by atoms with Crippen molar-refractivity contribution in [3.8, 4) is 0 Å². The summed E-state index contributed by atoms with van der Waals surface area (Å²) in [4.78, 5) is 14.8. The Labute approximate surface area is 116 Å². The Morgan fingerprint density at radius 2 is 2.16 bits per heavy atom. The van der Waals surface area contributed by atoms with E-state index in [1.165, 1.54) is 24.4 Å². The third-order valence-electron chi connectivity index (χ3n) is 2.36. The molecular formula is C12H9BrFN3O2. The van der Waals surface area contributed by atoms with Gasteiger partial charge in [0.15, 0.2) is 0 Å². The van der Waals surface area contributed by atoms with E-state index in [0.29, 0.717) is 4.47 Å². The molecule has 5 nitrogen and oxygen atoms in total. The first-order chi connectivity index (χ1) is 8.97. The molecule has 0 amide bonds. The molecule has 98 valence electrons. The molecule has 0 bridgehead atoms. The van der Waals surface area contributed by atoms with Gasteiger partial charge in [-0.3, -0.25) is 0 Å². The molecule has 7 heteroatoms. The standard InChI is InChI=1S/C12H9BrFN3O2/c13-6-1-2-10(8(14)3-6)17-11-4-7(12(18)19)9(15)5-16-11/h1-5H,15H2,(H,16,17)(H,18,19). The summed E-state index contributed by atoms with van der Waals surface area (Å²) in [6.07, 6.45) is 1.21. The summed E-state index contributed by atoms with van der Waals surface area (Å²) in [5.74, 6) is -1.45. The van der Waals surface area contributed by atoms with E-state index in [1.54, 1.807) is 6.07 Å². The minimum Gasteiger partial charge on any atom is -0.478 e. The van der Waals surface area contributed by atoms with E-state index in [-0.39, 0.29) is 22.8 Å². The first-order valence-electron chi connectivity index (χ1n) is 5.18. The fourth-order valence-corrected chi connectivity index (χ4v) is 1.78. The predicted molar refractivity (Wildman–Crippen MR) is 73.0 cm³/mol. The van der Waals surface area contributed by atoms with Gasteiger partial charge < -0.3 is 16.2 Å². The Bertz CT molecular complexity index is 649. The molecule has 1 heterocycles. The Morgan fingerprint density at radius 1 is 1.42 bits per heavy atom. The number of aromatic nitrogens is 1. The zero-order valence-electron chi connectivity index (χ0n) is 9.52. The Balaban J connectivity index is 2.33. The van der Waals surface area contributed by atoms with Crippen LogP contribution in [0.1, 0.15) is 10.4 Å². The summed E-state index contributed by atoms with van der Waals surface area (Å²) in [5, 5.41) is 11.6. The van der Waals surface area contributed by atoms with Crippen molar-refractivity contribution < 1.29 is 14.3 Å². The first kappa shape index (κ1) is 13.3. The van der Waals surface area contributed by atoms with E-state index < -0.39 is 11.8 Å². The highest BCUT2D eigenvalue weighted by molar-refractivity contribution is 9.10. The molecule has 0 aliphatic rings. The van der Waals surface area contributed by atoms with E-state index in [2.05, 4.69) is 26.2 Å². The van der Waals surface area contributed by atoms with E-state index in [0.717, 1.165) is 0 Å². The Morgan fingerprint density at radius 3 is 2.79 bits per heavy atom. The fraction of sp³-hybridized carbons (Fsp3) is 0. The molecule has 0 unspecified atom stereocenters. The average Bonchev–Trinajstić information content (AvgIpc) is 2.34. The van der Waals surface area contributed by atoms with Gasteiger partial charge in [0, 0.05) is 4.47 Å². The Kier molecular flexibility index (Phi) is 3.66. The third-order valence-corrected chi connectivity index (χ3v) is 2.85. The van der Waals surface area contributed by atoms with Crippen LogP contribution in [0.3, 0.4) is 0 Å². The van der Waals surface area contributed by atoms with Crippen molar-refractivity contribution in [2.24, 2.45) is 0 Å². The number of carboxylic acid groups (broad SMARTS) is 1. The fourth-order valence-electron chi connectivity index (χ4n) is 1.45. The third kappa shape index (κ3) is 3.00. The number of nitrogens with zero attached hydrogens (tertiary/aromatic N) is 1. The van der Waals surface area contributed by atoms with Gasteiger partial charge in [0.2, 0.25) is 0 Å². The maximum absolute atomic E-state index is 13.6. The number of halogens is 2. The topological polar surface area (TPSA) is 88.2 Å². The van der Waals surface area contributed by atoms with E-state index in [9.17, 15) is 9.18 Å². The van der Waals surface area contributed by atoms with Crippen molar-refractivity contribution in [1.82, 2.24) is 4.98 Å². The highest BCUT2D eigenvalue weighted by Crippen LogP contribution is 2.23. The minimum atomic E-state index is -1.17. The molecule has 0 atom stereocenters. The number of pyridine rings is 1. The van der Waals surface area contributed by atoms with Crippen molar-refractivity contribution >= 4 is 39.1 Å². The van der Waals surface area contributed by atoms with Crippen molar-refractivity contribution in [2.45, 2.75) is 0 Å². The van der Waals surface area contributed by atoms with Gasteiger partial charge in [-0.2, -0.15) is 0 Å². The number of carboxylic acids is 1. The van der Waals surface area contributed by atoms with Crippen LogP contribution in [0.4, 0.5) is 21.6 Å². The van der Waals surface area contributed by atoms with Crippen LogP contribution in [0.5, 0.6) is 0 Å². The van der Waals surface area contributed by atoms with Crippen LogP contribution >= 0.6 is 15.9 Å². The Hall–Kier alpha value is -2.15. The first-order valence-corrected chi connectivity index (χ1v) is 5.97. The SMILES string of the molecule is Nc1cnc(Nc2ccc(Br)cc2F)cc1C(=O)O. The van der Waals surface area contributed by atoms with E-state index >= 15 is 0 Å². The van der Waals surface area contributed by atoms with Gasteiger partial charge in [-0.15, -0.1) is 0 Å². The number of hydrogen-bond acceptors (Lipinski definition) is 4. The van der Waals surface area contributed by atoms with Crippen LogP contribution < -0.4 is 11.1 Å². The predicted octanol–water partition coefficient (Wildman–Crippen LogP) is 3.01. The molecule has 2 aromatic rings. The number of hydrogen-bond donors (Lipinski definition) is 3. The molecule has 1 aromatic carbocycles. The zero-order valence-corrected chi connectivity index (χ0v) is 11.1. The smallest absolute Gasteiger partial charge is 0.337 e. The summed E-state index contributed by atoms with van der Waals surface area (Å²) in [6, 6.07) is 5.70. The lowest BCUT2D eigenvalue weighted by atomic mass is 10.2. The monoisotopic (exact) mass is 325 g/mol. The van der Waals surface area contributed by atoms with Gasteiger partial charge in [0.05, 0.1) is 23.1 Å². The summed E-state index contributed by atoms with van der Waals surface area (Å²) in [5.41, 5.74) is 5.64. The molecule has 4 N–H and O–H groups in total. The van der Waals surface area contributed by atoms with Crippen LogP contribution in [0.15, 0.2) is 34.9 Å². The molecule has 0 aliphatic carbocycles. The number of nitrogens with two attached hydrogens (primary N) is 1. The maximum Gasteiger partial charge on any atom is 0.337 e. The van der Waals surface area contributed by atoms with Crippen LogP contribution in [-0.4, -0.2) is 16.1 Å². The van der Waals surface area contributed by atoms with Crippen molar-refractivity contribution in [3.05, 3.63) is 46.3 Å². The molecule has 0 aliphatic heterocycles. The van der Waals surface area contributed by atoms with Crippen LogP contribution in [0.25, 0.3) is 0 Å². The van der Waals surface area contributed by atoms with Crippen LogP contribution in [-0.2, 0) is 0 Å². The lowest BCUT2D eigenvalue weighted by molar-refractivity contribution is 0.0698. The second kappa shape index (κ2) is 5.23. The summed E-state index contributed by atoms with van der Waals surface area (Å²) < 4.78 is 14.2. The van der Waals surface area contributed by atoms with Gasteiger partial charge in [-0.1, -0.05) is 15.9 Å². The zero-order chi connectivity index (χ0) is 14.0. The number of nitrogen functional groups attached to an aromatic ring is 1. The summed E-state index contributed by atoms with van der Waals surface area (Å²) in [6.45, 7) is 0. The number of carbonyl (C=O) groups is 1. The number of anilines is 3. The van der Waals surface area contributed by atoms with E-state index in [4.69, 9.17) is 10.8 Å². The quantitative estimate of drug-likeness (QED) is 0.807. The second-order valence-electron chi connectivity index (χ2n) is 3.71. The van der Waals surface area contributed by atoms with Gasteiger partial charge in [-0.25, -0.2) is 14.2 Å². The lowest BCUT2D eigenvalue weighted by Crippen LogP contribution is -2.05. The van der Waals surface area contributed by atoms with Crippen LogP contribution in [0.2, 0.25) is 0 Å². The van der Waals surface area contributed by atoms with Crippen molar-refractivity contribution in [2.75, 3.05) is 11.1 Å². The lowest BCUT2D eigenvalue weighted by Gasteiger charge is -2.08. The molecule has 19 heavy (non-hydrogen) atoms. The average molecular weight is 326 g/mol. The number of benzene rings is 1. The summed E-state index contributed by atoms with van der Waals surface area (Å²) in [7, 11) is 0. The maximum atomic E-state index is 13.6. The second-order valence-corrected chi connectivity index (χ2v) is 4.63. The minimum absolute atomic E-state index is 0.0503. The largest absolute Gasteiger partial charge is 0.478 e. The van der Waals surface area contributed by atoms with Crippen molar-refractivity contribution in [3.63, 3.8) is 0 Å². The normalized spacial score (nSPS) is 10.2. The van der Waals surface area contributed by atoms with Gasteiger partial charge >= 0.3 is 5.97 Å². The summed E-state index contributed by atoms with van der Waals surface area (Å²) >= 11 is 3.14. The van der Waals surface area contributed by atoms with E-state index in [1.807, 2.05) is 0 Å². The highest BCUT2D eigenvalue weighted by Gasteiger charge is 2.11. The molecule has 2 rings (SSSR count). The molecule has 0 spiro atoms. The highest BCUT2D eigenvalue weighted by atomic mass is 79.9.